The summed E-state index contributed by atoms with van der Waals surface area (Å²) in [6.07, 6.45) is 0.588. The molecule has 1 aliphatic rings. The maximum absolute atomic E-state index is 12.8. The Bertz CT molecular complexity index is 1140. The van der Waals surface area contributed by atoms with Crippen LogP contribution in [0.4, 0.5) is 5.69 Å². The van der Waals surface area contributed by atoms with Gasteiger partial charge in [-0.2, -0.15) is 0 Å². The number of aromatic nitrogens is 1. The first-order valence-electron chi connectivity index (χ1n) is 8.36. The fourth-order valence-corrected chi connectivity index (χ4v) is 4.74. The molecule has 2 aromatic carbocycles. The van der Waals surface area contributed by atoms with Crippen LogP contribution in [0.5, 0.6) is 5.75 Å². The van der Waals surface area contributed by atoms with Gasteiger partial charge in [0.15, 0.2) is 5.58 Å². The molecule has 0 saturated carbocycles. The Kier molecular flexibility index (Phi) is 4.90. The number of ether oxygens (including phenoxy) is 2. The Labute approximate surface area is 165 Å². The molecule has 0 bridgehead atoms. The number of cyclic esters (lactones) is 1. The summed E-state index contributed by atoms with van der Waals surface area (Å²) >= 11 is 1.17. The molecule has 2 heterocycles. The number of benzene rings is 2. The number of hydrogen-bond donors (Lipinski definition) is 1. The summed E-state index contributed by atoms with van der Waals surface area (Å²) in [4.78, 5) is 15.9. The predicted molar refractivity (Wildman–Crippen MR) is 103 cm³/mol. The van der Waals surface area contributed by atoms with Crippen molar-refractivity contribution in [1.82, 2.24) is 4.98 Å². The van der Waals surface area contributed by atoms with E-state index in [1.54, 1.807) is 24.3 Å². The maximum atomic E-state index is 12.8. The van der Waals surface area contributed by atoms with Crippen molar-refractivity contribution >= 4 is 44.5 Å². The highest BCUT2D eigenvalue weighted by atomic mass is 32.2. The fraction of sp³-hybridized carbons (Fsp3) is 0.222. The van der Waals surface area contributed by atoms with Crippen molar-refractivity contribution in [1.29, 1.82) is 0 Å². The zero-order valence-corrected chi connectivity index (χ0v) is 16.4. The SMILES string of the molecule is COc1ccccc1NS(=O)(=O)c1ccc2oc(S[C@H]3CCOC3=O)nc2c1. The second-order valence-corrected chi connectivity index (χ2v) is 8.81. The van der Waals surface area contributed by atoms with Crippen molar-refractivity contribution < 1.29 is 27.1 Å². The number of rotatable bonds is 6. The van der Waals surface area contributed by atoms with E-state index >= 15 is 0 Å². The van der Waals surface area contributed by atoms with Gasteiger partial charge in [0.1, 0.15) is 16.5 Å². The molecule has 10 heteroatoms. The van der Waals surface area contributed by atoms with Crippen molar-refractivity contribution in [3.8, 4) is 5.75 Å². The van der Waals surface area contributed by atoms with Gasteiger partial charge >= 0.3 is 5.97 Å². The smallest absolute Gasteiger partial charge is 0.319 e. The molecule has 1 atom stereocenters. The number of sulfonamides is 1. The third-order valence-corrected chi connectivity index (χ3v) is 6.58. The van der Waals surface area contributed by atoms with Crippen molar-refractivity contribution in [2.75, 3.05) is 18.4 Å². The largest absolute Gasteiger partial charge is 0.495 e. The second-order valence-electron chi connectivity index (χ2n) is 5.98. The van der Waals surface area contributed by atoms with E-state index in [0.29, 0.717) is 40.8 Å². The summed E-state index contributed by atoms with van der Waals surface area (Å²) in [7, 11) is -2.39. The molecule has 0 radical (unpaired) electrons. The summed E-state index contributed by atoms with van der Waals surface area (Å²) in [6.45, 7) is 0.383. The molecule has 146 valence electrons. The lowest BCUT2D eigenvalue weighted by Crippen LogP contribution is -2.13. The topological polar surface area (TPSA) is 108 Å². The van der Waals surface area contributed by atoms with E-state index in [9.17, 15) is 13.2 Å². The molecule has 0 amide bonds. The highest BCUT2D eigenvalue weighted by molar-refractivity contribution is 8.00. The second kappa shape index (κ2) is 7.36. The van der Waals surface area contributed by atoms with Crippen LogP contribution in [0.15, 0.2) is 57.0 Å². The number of carbonyl (C=O) groups is 1. The number of thioether (sulfide) groups is 1. The Morgan fingerprint density at radius 3 is 2.82 bits per heavy atom. The quantitative estimate of drug-likeness (QED) is 0.606. The minimum absolute atomic E-state index is 0.0380. The average molecular weight is 420 g/mol. The van der Waals surface area contributed by atoms with E-state index in [2.05, 4.69) is 9.71 Å². The first kappa shape index (κ1) is 18.6. The van der Waals surface area contributed by atoms with E-state index in [4.69, 9.17) is 13.9 Å². The molecule has 0 aliphatic carbocycles. The Hall–Kier alpha value is -2.72. The summed E-state index contributed by atoms with van der Waals surface area (Å²) in [5.74, 6) is 0.118. The number of carbonyl (C=O) groups excluding carboxylic acids is 1. The maximum Gasteiger partial charge on any atom is 0.319 e. The van der Waals surface area contributed by atoms with Gasteiger partial charge in [-0.3, -0.25) is 9.52 Å². The van der Waals surface area contributed by atoms with Crippen molar-refractivity contribution in [3.05, 3.63) is 42.5 Å². The minimum Gasteiger partial charge on any atom is -0.495 e. The molecule has 1 N–H and O–H groups in total. The zero-order valence-electron chi connectivity index (χ0n) is 14.7. The zero-order chi connectivity index (χ0) is 19.7. The van der Waals surface area contributed by atoms with Gasteiger partial charge in [0.2, 0.25) is 0 Å². The summed E-state index contributed by atoms with van der Waals surface area (Å²) in [5.41, 5.74) is 1.16. The van der Waals surface area contributed by atoms with Gasteiger partial charge in [0.05, 0.1) is 24.3 Å². The van der Waals surface area contributed by atoms with Gasteiger partial charge in [0, 0.05) is 6.42 Å². The first-order valence-corrected chi connectivity index (χ1v) is 10.7. The molecule has 1 fully saturated rings. The Balaban J connectivity index is 1.60. The number of para-hydroxylation sites is 2. The van der Waals surface area contributed by atoms with Gasteiger partial charge in [-0.25, -0.2) is 13.4 Å². The molecule has 1 saturated heterocycles. The number of nitrogens with zero attached hydrogens (tertiary/aromatic N) is 1. The van der Waals surface area contributed by atoms with Crippen molar-refractivity contribution in [2.45, 2.75) is 21.8 Å². The van der Waals surface area contributed by atoms with Crippen LogP contribution < -0.4 is 9.46 Å². The van der Waals surface area contributed by atoms with Gasteiger partial charge < -0.3 is 13.9 Å². The molecule has 4 rings (SSSR count). The van der Waals surface area contributed by atoms with Crippen molar-refractivity contribution in [3.63, 3.8) is 0 Å². The summed E-state index contributed by atoms with van der Waals surface area (Å²) in [5, 5.41) is -0.0606. The molecule has 28 heavy (non-hydrogen) atoms. The minimum atomic E-state index is -3.85. The predicted octanol–water partition coefficient (Wildman–Crippen LogP) is 3.04. The van der Waals surface area contributed by atoms with Crippen LogP contribution in [0.2, 0.25) is 0 Å². The fourth-order valence-electron chi connectivity index (χ4n) is 2.74. The van der Waals surface area contributed by atoms with Crippen molar-refractivity contribution in [2.24, 2.45) is 0 Å². The molecule has 1 aliphatic heterocycles. The van der Waals surface area contributed by atoms with E-state index in [0.717, 1.165) is 0 Å². The van der Waals surface area contributed by atoms with Crippen LogP contribution in [0.1, 0.15) is 6.42 Å². The highest BCUT2D eigenvalue weighted by Crippen LogP contribution is 2.32. The third-order valence-electron chi connectivity index (χ3n) is 4.13. The van der Waals surface area contributed by atoms with E-state index in [-0.39, 0.29) is 16.1 Å². The molecule has 0 spiro atoms. The number of hydrogen-bond acceptors (Lipinski definition) is 8. The lowest BCUT2D eigenvalue weighted by molar-refractivity contribution is -0.137. The first-order chi connectivity index (χ1) is 13.5. The normalized spacial score (nSPS) is 16.9. The molecular formula is C18H16N2O6S2. The van der Waals surface area contributed by atoms with Crippen LogP contribution >= 0.6 is 11.8 Å². The van der Waals surface area contributed by atoms with E-state index in [1.165, 1.54) is 37.1 Å². The lowest BCUT2D eigenvalue weighted by atomic mass is 10.3. The molecule has 8 nitrogen and oxygen atoms in total. The van der Waals surface area contributed by atoms with Gasteiger partial charge in [-0.1, -0.05) is 23.9 Å². The number of methoxy groups -OCH3 is 1. The van der Waals surface area contributed by atoms with Crippen LogP contribution in [0.25, 0.3) is 11.1 Å². The summed E-state index contributed by atoms with van der Waals surface area (Å²) < 4.78 is 43.7. The number of esters is 1. The van der Waals surface area contributed by atoms with Crippen LogP contribution in [-0.4, -0.2) is 38.3 Å². The highest BCUT2D eigenvalue weighted by Gasteiger charge is 2.29. The number of anilines is 1. The monoisotopic (exact) mass is 420 g/mol. The lowest BCUT2D eigenvalue weighted by Gasteiger charge is -2.11. The third kappa shape index (κ3) is 3.65. The van der Waals surface area contributed by atoms with Crippen LogP contribution in [0.3, 0.4) is 0 Å². The van der Waals surface area contributed by atoms with Gasteiger partial charge in [0.25, 0.3) is 15.2 Å². The van der Waals surface area contributed by atoms with E-state index < -0.39 is 10.0 Å². The number of nitrogens with one attached hydrogen (secondary N) is 1. The van der Waals surface area contributed by atoms with Crippen LogP contribution in [0, 0.1) is 0 Å². The molecule has 1 aromatic heterocycles. The molecule has 3 aromatic rings. The Morgan fingerprint density at radius 2 is 2.07 bits per heavy atom. The van der Waals surface area contributed by atoms with Gasteiger partial charge in [-0.15, -0.1) is 0 Å². The van der Waals surface area contributed by atoms with Crippen LogP contribution in [-0.2, 0) is 19.6 Å². The number of fused-ring (bicyclic) bond motifs is 1. The summed E-state index contributed by atoms with van der Waals surface area (Å²) in [6, 6.07) is 11.1. The average Bonchev–Trinajstić information content (AvgIpc) is 3.27. The van der Waals surface area contributed by atoms with Gasteiger partial charge in [-0.05, 0) is 30.3 Å². The standard InChI is InChI=1S/C18H16N2O6S2/c1-24-14-5-3-2-4-12(14)20-28(22,23)11-6-7-15-13(10-11)19-18(26-15)27-16-8-9-25-17(16)21/h2-7,10,16,20H,8-9H2,1H3/t16-/m0/s1. The molecular weight excluding hydrogens is 404 g/mol. The number of oxazole rings is 1. The Morgan fingerprint density at radius 1 is 1.25 bits per heavy atom. The molecule has 0 unspecified atom stereocenters. The van der Waals surface area contributed by atoms with E-state index in [1.807, 2.05) is 0 Å².